The molecule has 110 valence electrons. The molecule has 0 radical (unpaired) electrons. The fourth-order valence-corrected chi connectivity index (χ4v) is 3.42. The number of rotatable bonds is 2. The molecule has 1 saturated heterocycles. The molecule has 3 rings (SSSR count). The second-order valence-corrected chi connectivity index (χ2v) is 6.37. The fraction of sp³-hybridized carbons (Fsp3) is 0.400. The third-order valence-electron chi connectivity index (χ3n) is 3.89. The van der Waals surface area contributed by atoms with Crippen LogP contribution >= 0.6 is 15.9 Å². The fourth-order valence-electron chi connectivity index (χ4n) is 2.81. The van der Waals surface area contributed by atoms with E-state index in [2.05, 4.69) is 31.1 Å². The van der Waals surface area contributed by atoms with Gasteiger partial charge in [-0.3, -0.25) is 9.89 Å². The number of benzene rings is 1. The van der Waals surface area contributed by atoms with Gasteiger partial charge in [0.1, 0.15) is 12.2 Å². The highest BCUT2D eigenvalue weighted by Crippen LogP contribution is 2.26. The molecule has 1 fully saturated rings. The summed E-state index contributed by atoms with van der Waals surface area (Å²) in [6.07, 6.45) is 3.39. The first-order valence-corrected chi connectivity index (χ1v) is 7.84. The van der Waals surface area contributed by atoms with Crippen molar-refractivity contribution in [1.82, 2.24) is 20.1 Å². The van der Waals surface area contributed by atoms with Gasteiger partial charge < -0.3 is 4.90 Å². The van der Waals surface area contributed by atoms with Crippen LogP contribution in [0.15, 0.2) is 29.0 Å². The Morgan fingerprint density at radius 3 is 2.71 bits per heavy atom. The number of likely N-dealkylation sites (tertiary alicyclic amines) is 1. The zero-order chi connectivity index (χ0) is 14.8. The third-order valence-corrected chi connectivity index (χ3v) is 4.35. The second kappa shape index (κ2) is 5.97. The van der Waals surface area contributed by atoms with Crippen molar-refractivity contribution in [2.75, 3.05) is 13.1 Å². The maximum atomic E-state index is 12.6. The molecule has 0 spiro atoms. The van der Waals surface area contributed by atoms with Gasteiger partial charge in [-0.1, -0.05) is 15.9 Å². The molecule has 2 heterocycles. The van der Waals surface area contributed by atoms with E-state index < -0.39 is 0 Å². The van der Waals surface area contributed by atoms with Gasteiger partial charge in [0.05, 0.1) is 0 Å². The summed E-state index contributed by atoms with van der Waals surface area (Å²) in [5.41, 5.74) is 1.84. The SMILES string of the molecule is Cc1cc(Br)cc(C(=O)N2CCC(c3ncn[nH]3)CC2)c1. The highest BCUT2D eigenvalue weighted by molar-refractivity contribution is 9.10. The van der Waals surface area contributed by atoms with Crippen molar-refractivity contribution in [3.05, 3.63) is 46.0 Å². The summed E-state index contributed by atoms with van der Waals surface area (Å²) < 4.78 is 0.947. The van der Waals surface area contributed by atoms with Crippen LogP contribution < -0.4 is 0 Å². The van der Waals surface area contributed by atoms with Crippen molar-refractivity contribution in [3.63, 3.8) is 0 Å². The number of piperidine rings is 1. The zero-order valence-corrected chi connectivity index (χ0v) is 13.4. The van der Waals surface area contributed by atoms with Gasteiger partial charge in [0.15, 0.2) is 0 Å². The molecule has 1 aromatic heterocycles. The number of carbonyl (C=O) groups is 1. The average molecular weight is 349 g/mol. The molecular formula is C15H17BrN4O. The van der Waals surface area contributed by atoms with Crippen LogP contribution in [0, 0.1) is 6.92 Å². The summed E-state index contributed by atoms with van der Waals surface area (Å²) in [5, 5.41) is 6.82. The summed E-state index contributed by atoms with van der Waals surface area (Å²) >= 11 is 3.45. The van der Waals surface area contributed by atoms with E-state index in [9.17, 15) is 4.79 Å². The molecule has 1 aliphatic rings. The first-order chi connectivity index (χ1) is 10.1. The van der Waals surface area contributed by atoms with Crippen LogP contribution in [0.3, 0.4) is 0 Å². The number of carbonyl (C=O) groups excluding carboxylic acids is 1. The minimum atomic E-state index is 0.107. The molecule has 0 bridgehead atoms. The molecule has 5 nitrogen and oxygen atoms in total. The normalized spacial score (nSPS) is 16.2. The minimum absolute atomic E-state index is 0.107. The molecule has 0 aliphatic carbocycles. The number of aromatic nitrogens is 3. The van der Waals surface area contributed by atoms with Crippen LogP contribution in [-0.2, 0) is 0 Å². The summed E-state index contributed by atoms with van der Waals surface area (Å²) in [4.78, 5) is 18.7. The Bertz CT molecular complexity index is 613. The van der Waals surface area contributed by atoms with E-state index in [1.807, 2.05) is 30.0 Å². The van der Waals surface area contributed by atoms with Crippen LogP contribution in [0.5, 0.6) is 0 Å². The number of hydrogen-bond donors (Lipinski definition) is 1. The van der Waals surface area contributed by atoms with Crippen molar-refractivity contribution >= 4 is 21.8 Å². The highest BCUT2D eigenvalue weighted by Gasteiger charge is 2.26. The largest absolute Gasteiger partial charge is 0.339 e. The second-order valence-electron chi connectivity index (χ2n) is 5.45. The van der Waals surface area contributed by atoms with Gasteiger partial charge in [0.25, 0.3) is 5.91 Å². The number of amides is 1. The molecule has 0 unspecified atom stereocenters. The lowest BCUT2D eigenvalue weighted by atomic mass is 9.95. The molecular weight excluding hydrogens is 332 g/mol. The number of aromatic amines is 1. The number of halogens is 1. The van der Waals surface area contributed by atoms with Crippen LogP contribution in [0.4, 0.5) is 0 Å². The van der Waals surface area contributed by atoms with Crippen LogP contribution in [-0.4, -0.2) is 39.1 Å². The molecule has 2 aromatic rings. The molecule has 1 amide bonds. The van der Waals surface area contributed by atoms with Crippen molar-refractivity contribution in [1.29, 1.82) is 0 Å². The summed E-state index contributed by atoms with van der Waals surface area (Å²) in [5.74, 6) is 1.41. The van der Waals surface area contributed by atoms with E-state index in [4.69, 9.17) is 0 Å². The molecule has 0 atom stereocenters. The maximum Gasteiger partial charge on any atom is 0.253 e. The van der Waals surface area contributed by atoms with Gasteiger partial charge >= 0.3 is 0 Å². The molecule has 6 heteroatoms. The number of nitrogens with zero attached hydrogens (tertiary/aromatic N) is 3. The quantitative estimate of drug-likeness (QED) is 0.907. The first-order valence-electron chi connectivity index (χ1n) is 7.05. The van der Waals surface area contributed by atoms with E-state index in [1.165, 1.54) is 6.33 Å². The Morgan fingerprint density at radius 2 is 2.10 bits per heavy atom. The Balaban J connectivity index is 1.67. The first kappa shape index (κ1) is 14.3. The lowest BCUT2D eigenvalue weighted by Crippen LogP contribution is -2.38. The van der Waals surface area contributed by atoms with Crippen molar-refractivity contribution in [3.8, 4) is 0 Å². The van der Waals surface area contributed by atoms with Crippen molar-refractivity contribution < 1.29 is 4.79 Å². The summed E-state index contributed by atoms with van der Waals surface area (Å²) in [6, 6.07) is 5.83. The molecule has 1 aromatic carbocycles. The molecule has 1 N–H and O–H groups in total. The van der Waals surface area contributed by atoms with Crippen LogP contribution in [0.25, 0.3) is 0 Å². The van der Waals surface area contributed by atoms with E-state index in [0.717, 1.165) is 47.4 Å². The van der Waals surface area contributed by atoms with Gasteiger partial charge in [0.2, 0.25) is 0 Å². The zero-order valence-electron chi connectivity index (χ0n) is 11.8. The van der Waals surface area contributed by atoms with Crippen LogP contribution in [0.2, 0.25) is 0 Å². The van der Waals surface area contributed by atoms with Gasteiger partial charge in [-0.15, -0.1) is 0 Å². The lowest BCUT2D eigenvalue weighted by Gasteiger charge is -2.31. The van der Waals surface area contributed by atoms with E-state index >= 15 is 0 Å². The number of nitrogens with one attached hydrogen (secondary N) is 1. The van der Waals surface area contributed by atoms with Gasteiger partial charge in [-0.2, -0.15) is 5.10 Å². The van der Waals surface area contributed by atoms with E-state index in [1.54, 1.807) is 0 Å². The Morgan fingerprint density at radius 1 is 1.33 bits per heavy atom. The van der Waals surface area contributed by atoms with Gasteiger partial charge in [-0.05, 0) is 43.5 Å². The Labute approximate surface area is 131 Å². The summed E-state index contributed by atoms with van der Waals surface area (Å²) in [6.45, 7) is 3.52. The third kappa shape index (κ3) is 3.15. The highest BCUT2D eigenvalue weighted by atomic mass is 79.9. The topological polar surface area (TPSA) is 61.9 Å². The summed E-state index contributed by atoms with van der Waals surface area (Å²) in [7, 11) is 0. The number of hydrogen-bond acceptors (Lipinski definition) is 3. The maximum absolute atomic E-state index is 12.6. The van der Waals surface area contributed by atoms with Crippen LogP contribution in [0.1, 0.15) is 40.5 Å². The molecule has 1 aliphatic heterocycles. The average Bonchev–Trinajstić information content (AvgIpc) is 3.00. The number of aryl methyl sites for hydroxylation is 1. The van der Waals surface area contributed by atoms with Crippen molar-refractivity contribution in [2.45, 2.75) is 25.7 Å². The van der Waals surface area contributed by atoms with E-state index in [0.29, 0.717) is 5.92 Å². The molecule has 21 heavy (non-hydrogen) atoms. The van der Waals surface area contributed by atoms with Crippen molar-refractivity contribution in [2.24, 2.45) is 0 Å². The van der Waals surface area contributed by atoms with Gasteiger partial charge in [0, 0.05) is 29.0 Å². The predicted molar refractivity (Wildman–Crippen MR) is 83.1 cm³/mol. The van der Waals surface area contributed by atoms with Gasteiger partial charge in [-0.25, -0.2) is 4.98 Å². The van der Waals surface area contributed by atoms with E-state index in [-0.39, 0.29) is 5.91 Å². The molecule has 0 saturated carbocycles. The predicted octanol–water partition coefficient (Wildman–Crippen LogP) is 2.90. The standard InChI is InChI=1S/C15H17BrN4O/c1-10-6-12(8-13(16)7-10)15(21)20-4-2-11(3-5-20)14-17-9-18-19-14/h6-9,11H,2-5H2,1H3,(H,17,18,19). The Kier molecular flexibility index (Phi) is 4.05. The monoisotopic (exact) mass is 348 g/mol. The number of H-pyrrole nitrogens is 1. The lowest BCUT2D eigenvalue weighted by molar-refractivity contribution is 0.0711. The minimum Gasteiger partial charge on any atom is -0.339 e. The Hall–Kier alpha value is -1.69. The smallest absolute Gasteiger partial charge is 0.253 e.